The lowest BCUT2D eigenvalue weighted by Gasteiger charge is -2.44. The maximum absolute atomic E-state index is 11.6. The molecule has 0 aromatic carbocycles. The number of esters is 1. The van der Waals surface area contributed by atoms with Crippen LogP contribution in [0.2, 0.25) is 0 Å². The molecule has 0 fully saturated rings. The first-order valence-electron chi connectivity index (χ1n) is 5.93. The molecule has 0 radical (unpaired) electrons. The van der Waals surface area contributed by atoms with E-state index >= 15 is 0 Å². The van der Waals surface area contributed by atoms with Gasteiger partial charge in [-0.2, -0.15) is 0 Å². The average molecular weight is 230 g/mol. The summed E-state index contributed by atoms with van der Waals surface area (Å²) < 4.78 is 11.0. The van der Waals surface area contributed by atoms with Gasteiger partial charge in [-0.1, -0.05) is 27.7 Å². The van der Waals surface area contributed by atoms with Crippen LogP contribution in [0.5, 0.6) is 0 Å². The van der Waals surface area contributed by atoms with E-state index in [1.54, 1.807) is 7.11 Å². The summed E-state index contributed by atoms with van der Waals surface area (Å²) >= 11 is 0. The van der Waals surface area contributed by atoms with Gasteiger partial charge in [0.25, 0.3) is 0 Å². The normalized spacial score (nSPS) is 17.7. The Morgan fingerprint density at radius 3 is 2.06 bits per heavy atom. The van der Waals surface area contributed by atoms with E-state index in [4.69, 9.17) is 9.47 Å². The Morgan fingerprint density at radius 2 is 1.75 bits per heavy atom. The minimum absolute atomic E-state index is 0.131. The highest BCUT2D eigenvalue weighted by molar-refractivity contribution is 5.70. The molecule has 0 heterocycles. The zero-order valence-electron chi connectivity index (χ0n) is 11.7. The Bertz CT molecular complexity index is 230. The molecule has 0 aromatic rings. The van der Waals surface area contributed by atoms with Gasteiger partial charge in [0, 0.05) is 18.9 Å². The molecule has 0 saturated heterocycles. The lowest BCUT2D eigenvalue weighted by molar-refractivity contribution is -0.193. The second-order valence-corrected chi connectivity index (χ2v) is 5.46. The Kier molecular flexibility index (Phi) is 5.47. The number of hydrogen-bond acceptors (Lipinski definition) is 3. The molecule has 0 aliphatic heterocycles. The molecule has 0 N–H and O–H groups in total. The Morgan fingerprint density at radius 1 is 1.25 bits per heavy atom. The number of rotatable bonds is 5. The molecule has 0 rings (SSSR count). The number of hydrogen-bond donors (Lipinski definition) is 0. The summed E-state index contributed by atoms with van der Waals surface area (Å²) in [5.74, 6) is -0.149. The summed E-state index contributed by atoms with van der Waals surface area (Å²) in [7, 11) is 1.64. The molecule has 0 saturated carbocycles. The van der Waals surface area contributed by atoms with Crippen molar-refractivity contribution >= 4 is 5.97 Å². The van der Waals surface area contributed by atoms with E-state index < -0.39 is 5.60 Å². The largest absolute Gasteiger partial charge is 0.456 e. The summed E-state index contributed by atoms with van der Waals surface area (Å²) in [5.41, 5.74) is -0.764. The van der Waals surface area contributed by atoms with Gasteiger partial charge in [0.1, 0.15) is 5.60 Å². The van der Waals surface area contributed by atoms with Crippen LogP contribution in [0.1, 0.15) is 54.4 Å². The first-order valence-corrected chi connectivity index (χ1v) is 5.93. The van der Waals surface area contributed by atoms with Crippen LogP contribution in [0, 0.1) is 5.41 Å². The fourth-order valence-corrected chi connectivity index (χ4v) is 1.56. The number of carbonyl (C=O) groups excluding carboxylic acids is 1. The molecule has 0 spiro atoms. The van der Waals surface area contributed by atoms with Crippen molar-refractivity contribution in [2.45, 2.75) is 66.1 Å². The van der Waals surface area contributed by atoms with E-state index in [1.807, 2.05) is 20.8 Å². The van der Waals surface area contributed by atoms with Crippen LogP contribution < -0.4 is 0 Å². The topological polar surface area (TPSA) is 35.5 Å². The van der Waals surface area contributed by atoms with Crippen LogP contribution in [-0.4, -0.2) is 24.8 Å². The average Bonchev–Trinajstić information content (AvgIpc) is 2.14. The van der Waals surface area contributed by atoms with E-state index in [1.165, 1.54) is 0 Å². The van der Waals surface area contributed by atoms with Crippen LogP contribution in [0.4, 0.5) is 0 Å². The predicted octanol–water partition coefficient (Wildman–Crippen LogP) is 3.17. The van der Waals surface area contributed by atoms with Gasteiger partial charge in [0.05, 0.1) is 6.10 Å². The minimum Gasteiger partial charge on any atom is -0.456 e. The number of ether oxygens (including phenoxy) is 2. The van der Waals surface area contributed by atoms with Crippen molar-refractivity contribution in [1.29, 1.82) is 0 Å². The minimum atomic E-state index is -0.603. The molecule has 0 aromatic heterocycles. The number of carbonyl (C=O) groups is 1. The van der Waals surface area contributed by atoms with Gasteiger partial charge in [-0.25, -0.2) is 0 Å². The van der Waals surface area contributed by atoms with Crippen molar-refractivity contribution in [3.8, 4) is 0 Å². The van der Waals surface area contributed by atoms with Crippen molar-refractivity contribution in [3.63, 3.8) is 0 Å². The highest BCUT2D eigenvalue weighted by Crippen LogP contribution is 2.37. The molecular formula is C13H26O3. The summed E-state index contributed by atoms with van der Waals surface area (Å²) in [6.45, 7) is 12.0. The highest BCUT2D eigenvalue weighted by Gasteiger charge is 2.46. The highest BCUT2D eigenvalue weighted by atomic mass is 16.6. The van der Waals surface area contributed by atoms with Gasteiger partial charge in [0.2, 0.25) is 0 Å². The molecule has 0 amide bonds. The third kappa shape index (κ3) is 3.48. The molecule has 3 nitrogen and oxygen atoms in total. The fourth-order valence-electron chi connectivity index (χ4n) is 1.56. The smallest absolute Gasteiger partial charge is 0.306 e. The molecule has 2 unspecified atom stereocenters. The van der Waals surface area contributed by atoms with Gasteiger partial charge < -0.3 is 9.47 Å². The van der Waals surface area contributed by atoms with Gasteiger partial charge in [-0.15, -0.1) is 0 Å². The van der Waals surface area contributed by atoms with E-state index in [0.717, 1.165) is 6.42 Å². The van der Waals surface area contributed by atoms with E-state index in [0.29, 0.717) is 6.42 Å². The molecule has 0 aliphatic rings. The van der Waals surface area contributed by atoms with Crippen molar-refractivity contribution in [1.82, 2.24) is 0 Å². The SMILES string of the molecule is CCCC(=O)OC(C)(C(C)OC)C(C)(C)C. The molecule has 3 heteroatoms. The van der Waals surface area contributed by atoms with E-state index in [9.17, 15) is 4.79 Å². The lowest BCUT2D eigenvalue weighted by Crippen LogP contribution is -2.53. The lowest BCUT2D eigenvalue weighted by atomic mass is 9.74. The Labute approximate surface area is 99.5 Å². The number of methoxy groups -OCH3 is 1. The molecule has 0 aliphatic carbocycles. The van der Waals surface area contributed by atoms with Crippen LogP contribution >= 0.6 is 0 Å². The zero-order valence-corrected chi connectivity index (χ0v) is 11.7. The quantitative estimate of drug-likeness (QED) is 0.680. The van der Waals surface area contributed by atoms with Gasteiger partial charge in [0.15, 0.2) is 0 Å². The second kappa shape index (κ2) is 5.67. The summed E-state index contributed by atoms with van der Waals surface area (Å²) in [4.78, 5) is 11.6. The first-order chi connectivity index (χ1) is 7.19. The monoisotopic (exact) mass is 230 g/mol. The van der Waals surface area contributed by atoms with Crippen LogP contribution in [0.15, 0.2) is 0 Å². The first kappa shape index (κ1) is 15.4. The van der Waals surface area contributed by atoms with E-state index in [2.05, 4.69) is 20.8 Å². The third-order valence-electron chi connectivity index (χ3n) is 3.40. The maximum atomic E-state index is 11.6. The standard InChI is InChI=1S/C13H26O3/c1-8-9-11(14)16-13(6,10(2)15-7)12(3,4)5/h10H,8-9H2,1-7H3. The molecule has 2 atom stereocenters. The predicted molar refractivity (Wildman–Crippen MR) is 65.3 cm³/mol. The van der Waals surface area contributed by atoms with Crippen molar-refractivity contribution in [2.24, 2.45) is 5.41 Å². The molecule has 16 heavy (non-hydrogen) atoms. The molecular weight excluding hydrogens is 204 g/mol. The van der Waals surface area contributed by atoms with Crippen LogP contribution in [-0.2, 0) is 14.3 Å². The maximum Gasteiger partial charge on any atom is 0.306 e. The summed E-state index contributed by atoms with van der Waals surface area (Å²) in [6.07, 6.45) is 1.14. The zero-order chi connectivity index (χ0) is 13.0. The van der Waals surface area contributed by atoms with Crippen molar-refractivity contribution in [3.05, 3.63) is 0 Å². The molecule has 96 valence electrons. The van der Waals surface area contributed by atoms with Crippen molar-refractivity contribution in [2.75, 3.05) is 7.11 Å². The summed E-state index contributed by atoms with van der Waals surface area (Å²) in [6, 6.07) is 0. The summed E-state index contributed by atoms with van der Waals surface area (Å²) in [5, 5.41) is 0. The van der Waals surface area contributed by atoms with Gasteiger partial charge in [-0.3, -0.25) is 4.79 Å². The molecule has 0 bridgehead atoms. The van der Waals surface area contributed by atoms with Gasteiger partial charge >= 0.3 is 5.97 Å². The Balaban J connectivity index is 4.89. The van der Waals surface area contributed by atoms with E-state index in [-0.39, 0.29) is 17.5 Å². The Hall–Kier alpha value is -0.570. The second-order valence-electron chi connectivity index (χ2n) is 5.46. The van der Waals surface area contributed by atoms with Crippen LogP contribution in [0.25, 0.3) is 0 Å². The third-order valence-corrected chi connectivity index (χ3v) is 3.40. The van der Waals surface area contributed by atoms with Gasteiger partial charge in [-0.05, 0) is 20.3 Å². The van der Waals surface area contributed by atoms with Crippen LogP contribution in [0.3, 0.4) is 0 Å². The fraction of sp³-hybridized carbons (Fsp3) is 0.923. The van der Waals surface area contributed by atoms with Crippen molar-refractivity contribution < 1.29 is 14.3 Å².